The molecule has 0 radical (unpaired) electrons. The van der Waals surface area contributed by atoms with Crippen LogP contribution in [0.4, 0.5) is 14.7 Å². The number of carbonyl (C=O) groups excluding carboxylic acids is 1. The number of tetrazole rings is 1. The van der Waals surface area contributed by atoms with Gasteiger partial charge >= 0.3 is 0 Å². The minimum Gasteiger partial charge on any atom is -0.333 e. The van der Waals surface area contributed by atoms with E-state index in [1.165, 1.54) is 22.6 Å². The number of carbonyl (C=O) groups is 1. The van der Waals surface area contributed by atoms with Crippen LogP contribution in [0.2, 0.25) is 0 Å². The maximum Gasteiger partial charge on any atom is 0.266 e. The van der Waals surface area contributed by atoms with E-state index in [4.69, 9.17) is 0 Å². The van der Waals surface area contributed by atoms with E-state index in [9.17, 15) is 13.6 Å². The third-order valence-corrected chi connectivity index (χ3v) is 5.46. The van der Waals surface area contributed by atoms with Crippen molar-refractivity contribution in [1.29, 1.82) is 0 Å². The number of benzene rings is 1. The summed E-state index contributed by atoms with van der Waals surface area (Å²) in [5, 5.41) is 12.3. The van der Waals surface area contributed by atoms with Crippen molar-refractivity contribution in [2.45, 2.75) is 26.7 Å². The number of nitrogens with zero attached hydrogens (tertiary/aromatic N) is 7. The molecule has 0 aliphatic carbocycles. The van der Waals surface area contributed by atoms with Gasteiger partial charge in [0.25, 0.3) is 5.95 Å². The fourth-order valence-corrected chi connectivity index (χ4v) is 3.85. The Bertz CT molecular complexity index is 1150. The van der Waals surface area contributed by atoms with E-state index in [-0.39, 0.29) is 6.42 Å². The van der Waals surface area contributed by atoms with Crippen molar-refractivity contribution in [1.82, 2.24) is 30.2 Å². The molecule has 0 atom stereocenters. The number of anilines is 1. The molecule has 0 saturated carbocycles. The summed E-state index contributed by atoms with van der Waals surface area (Å²) in [7, 11) is 1.72. The lowest BCUT2D eigenvalue weighted by Crippen LogP contribution is -2.33. The molecule has 1 aliphatic heterocycles. The van der Waals surface area contributed by atoms with Crippen LogP contribution in [0.5, 0.6) is 0 Å². The van der Waals surface area contributed by atoms with Gasteiger partial charge < -0.3 is 4.90 Å². The second-order valence-corrected chi connectivity index (χ2v) is 8.00. The van der Waals surface area contributed by atoms with Gasteiger partial charge in [0, 0.05) is 19.3 Å². The zero-order chi connectivity index (χ0) is 22.8. The van der Waals surface area contributed by atoms with Crippen molar-refractivity contribution < 1.29 is 13.6 Å². The maximum atomic E-state index is 13.9. The molecule has 0 spiro atoms. The molecule has 3 aromatic rings. The zero-order valence-corrected chi connectivity index (χ0v) is 18.1. The second kappa shape index (κ2) is 8.89. The predicted molar refractivity (Wildman–Crippen MR) is 114 cm³/mol. The Balaban J connectivity index is 1.56. The SMILES string of the molecule is CC(C)C1=C(c2cnc(CC(=O)c3c(F)cccc3F)cn2)CN(c2nnn(C)n2)CC1. The van der Waals surface area contributed by atoms with Crippen molar-refractivity contribution >= 4 is 17.3 Å². The average molecular weight is 439 g/mol. The summed E-state index contributed by atoms with van der Waals surface area (Å²) in [6.07, 6.45) is 3.68. The van der Waals surface area contributed by atoms with Crippen LogP contribution in [0, 0.1) is 17.6 Å². The van der Waals surface area contributed by atoms with Gasteiger partial charge in [-0.05, 0) is 35.3 Å². The summed E-state index contributed by atoms with van der Waals surface area (Å²) in [6.45, 7) is 5.60. The van der Waals surface area contributed by atoms with Gasteiger partial charge in [-0.15, -0.1) is 5.10 Å². The van der Waals surface area contributed by atoms with Crippen LogP contribution in [-0.2, 0) is 13.5 Å². The average Bonchev–Trinajstić information content (AvgIpc) is 3.20. The normalized spacial score (nSPS) is 14.4. The Hall–Kier alpha value is -3.56. The number of hydrogen-bond donors (Lipinski definition) is 0. The molecule has 0 unspecified atom stereocenters. The molecule has 0 fully saturated rings. The standard InChI is InChI=1S/C22H23F2N7O/c1-13(2)15-7-8-31(22-27-29-30(3)28-22)12-16(15)19-11-25-14(10-26-19)9-20(32)21-17(23)5-4-6-18(21)24/h4-6,10-11,13H,7-9,12H2,1-3H3. The largest absolute Gasteiger partial charge is 0.333 e. The van der Waals surface area contributed by atoms with E-state index in [0.29, 0.717) is 29.8 Å². The molecule has 10 heteroatoms. The van der Waals surface area contributed by atoms with Crippen molar-refractivity contribution in [2.75, 3.05) is 18.0 Å². The minimum absolute atomic E-state index is 0.239. The van der Waals surface area contributed by atoms with Crippen LogP contribution >= 0.6 is 0 Å². The lowest BCUT2D eigenvalue weighted by molar-refractivity contribution is 0.0983. The molecule has 8 nitrogen and oxygen atoms in total. The van der Waals surface area contributed by atoms with Crippen LogP contribution in [0.15, 0.2) is 36.2 Å². The quantitative estimate of drug-likeness (QED) is 0.546. The molecule has 0 amide bonds. The Labute approximate surface area is 184 Å². The highest BCUT2D eigenvalue weighted by Crippen LogP contribution is 2.31. The van der Waals surface area contributed by atoms with Crippen LogP contribution in [0.25, 0.3) is 5.57 Å². The highest BCUT2D eigenvalue weighted by molar-refractivity contribution is 5.97. The fourth-order valence-electron chi connectivity index (χ4n) is 3.85. The molecule has 1 aliphatic rings. The van der Waals surface area contributed by atoms with Gasteiger partial charge in [0.05, 0.1) is 36.6 Å². The minimum atomic E-state index is -0.883. The summed E-state index contributed by atoms with van der Waals surface area (Å²) in [6, 6.07) is 3.34. The molecule has 0 saturated heterocycles. The van der Waals surface area contributed by atoms with Crippen LogP contribution < -0.4 is 4.90 Å². The summed E-state index contributed by atoms with van der Waals surface area (Å²) in [5.74, 6) is -1.57. The smallest absolute Gasteiger partial charge is 0.266 e. The Kier molecular flexibility index (Phi) is 6.02. The molecule has 3 heterocycles. The number of hydrogen-bond acceptors (Lipinski definition) is 7. The molecule has 0 N–H and O–H groups in total. The number of halogens is 2. The third kappa shape index (κ3) is 4.39. The van der Waals surface area contributed by atoms with E-state index in [0.717, 1.165) is 30.7 Å². The first-order valence-electron chi connectivity index (χ1n) is 10.3. The highest BCUT2D eigenvalue weighted by atomic mass is 19.1. The van der Waals surface area contributed by atoms with Crippen LogP contribution in [0.3, 0.4) is 0 Å². The van der Waals surface area contributed by atoms with Gasteiger partial charge in [0.15, 0.2) is 5.78 Å². The Morgan fingerprint density at radius 2 is 1.91 bits per heavy atom. The van der Waals surface area contributed by atoms with Gasteiger partial charge in [0.1, 0.15) is 11.6 Å². The lowest BCUT2D eigenvalue weighted by atomic mass is 9.89. The third-order valence-electron chi connectivity index (χ3n) is 5.46. The molecule has 32 heavy (non-hydrogen) atoms. The lowest BCUT2D eigenvalue weighted by Gasteiger charge is -2.31. The predicted octanol–water partition coefficient (Wildman–Crippen LogP) is 3.02. The van der Waals surface area contributed by atoms with E-state index in [1.807, 2.05) is 4.90 Å². The fraction of sp³-hybridized carbons (Fsp3) is 0.364. The first kappa shape index (κ1) is 21.7. The van der Waals surface area contributed by atoms with Gasteiger partial charge in [-0.3, -0.25) is 14.8 Å². The first-order valence-corrected chi connectivity index (χ1v) is 10.3. The highest BCUT2D eigenvalue weighted by Gasteiger charge is 2.25. The summed E-state index contributed by atoms with van der Waals surface area (Å²) in [4.78, 5) is 24.7. The van der Waals surface area contributed by atoms with Gasteiger partial charge in [0.2, 0.25) is 0 Å². The Morgan fingerprint density at radius 3 is 2.50 bits per heavy atom. The number of ketones is 1. The van der Waals surface area contributed by atoms with Crippen molar-refractivity contribution in [3.8, 4) is 0 Å². The topological polar surface area (TPSA) is 89.7 Å². The van der Waals surface area contributed by atoms with Gasteiger partial charge in [-0.25, -0.2) is 8.78 Å². The monoisotopic (exact) mass is 439 g/mol. The number of Topliss-reactive ketones (excluding diaryl/α,β-unsaturated/α-hetero) is 1. The number of rotatable bonds is 6. The summed E-state index contributed by atoms with van der Waals surface area (Å²) in [5.41, 5.74) is 2.79. The van der Waals surface area contributed by atoms with Crippen molar-refractivity contribution in [3.63, 3.8) is 0 Å². The second-order valence-electron chi connectivity index (χ2n) is 8.00. The molecule has 166 valence electrons. The van der Waals surface area contributed by atoms with Gasteiger partial charge in [-0.2, -0.15) is 4.80 Å². The van der Waals surface area contributed by atoms with Crippen LogP contribution in [-0.4, -0.2) is 49.0 Å². The number of aromatic nitrogens is 6. The van der Waals surface area contributed by atoms with E-state index in [1.54, 1.807) is 13.2 Å². The van der Waals surface area contributed by atoms with E-state index in [2.05, 4.69) is 39.2 Å². The molecule has 0 bridgehead atoms. The summed E-state index contributed by atoms with van der Waals surface area (Å²) >= 11 is 0. The van der Waals surface area contributed by atoms with E-state index < -0.39 is 23.0 Å². The van der Waals surface area contributed by atoms with Crippen molar-refractivity contribution in [3.05, 3.63) is 64.8 Å². The molecular weight excluding hydrogens is 416 g/mol. The molecule has 4 rings (SSSR count). The molecular formula is C22H23F2N7O. The Morgan fingerprint density at radius 1 is 1.16 bits per heavy atom. The summed E-state index contributed by atoms with van der Waals surface area (Å²) < 4.78 is 27.8. The zero-order valence-electron chi connectivity index (χ0n) is 18.1. The number of aryl methyl sites for hydroxylation is 1. The van der Waals surface area contributed by atoms with E-state index >= 15 is 0 Å². The van der Waals surface area contributed by atoms with Gasteiger partial charge in [-0.1, -0.05) is 30.6 Å². The van der Waals surface area contributed by atoms with Crippen molar-refractivity contribution in [2.24, 2.45) is 13.0 Å². The van der Waals surface area contributed by atoms with Crippen LogP contribution in [0.1, 0.15) is 42.0 Å². The first-order chi connectivity index (χ1) is 15.3. The molecule has 1 aromatic carbocycles. The maximum absolute atomic E-state index is 13.9. The molecule has 2 aromatic heterocycles.